The summed E-state index contributed by atoms with van der Waals surface area (Å²) in [6, 6.07) is 14.5. The second-order valence-electron chi connectivity index (χ2n) is 5.85. The van der Waals surface area contributed by atoms with Crippen LogP contribution in [-0.2, 0) is 22.6 Å². The maximum atomic E-state index is 12.6. The Kier molecular flexibility index (Phi) is 4.97. The summed E-state index contributed by atoms with van der Waals surface area (Å²) in [5.41, 5.74) is 2.79. The summed E-state index contributed by atoms with van der Waals surface area (Å²) in [7, 11) is 0. The van der Waals surface area contributed by atoms with Gasteiger partial charge in [0.05, 0.1) is 18.2 Å². The number of carbonyl (C=O) groups is 2. The topological polar surface area (TPSA) is 49.4 Å². The molecule has 0 aromatic heterocycles. The third kappa shape index (κ3) is 3.50. The van der Waals surface area contributed by atoms with Crippen molar-refractivity contribution in [3.05, 3.63) is 64.7 Å². The van der Waals surface area contributed by atoms with Crippen LogP contribution in [0, 0.1) is 0 Å². The highest BCUT2D eigenvalue weighted by molar-refractivity contribution is 6.30. The van der Waals surface area contributed by atoms with E-state index in [-0.39, 0.29) is 18.2 Å². The number of benzene rings is 2. The van der Waals surface area contributed by atoms with Crippen molar-refractivity contribution in [2.45, 2.75) is 32.4 Å². The molecule has 2 aromatic rings. The third-order valence-electron chi connectivity index (χ3n) is 4.19. The van der Waals surface area contributed by atoms with Gasteiger partial charge in [0.25, 0.3) is 5.91 Å². The number of aryl methyl sites for hydroxylation is 1. The fraction of sp³-hybridized carbons (Fsp3) is 0.263. The molecule has 0 bridgehead atoms. The van der Waals surface area contributed by atoms with Crippen LogP contribution in [-0.4, -0.2) is 17.9 Å². The van der Waals surface area contributed by atoms with Crippen molar-refractivity contribution in [3.8, 4) is 0 Å². The lowest BCUT2D eigenvalue weighted by molar-refractivity contribution is -0.121. The van der Waals surface area contributed by atoms with E-state index in [1.807, 2.05) is 42.5 Å². The van der Waals surface area contributed by atoms with Gasteiger partial charge in [-0.25, -0.2) is 4.90 Å². The molecule has 0 saturated carbocycles. The fourth-order valence-electron chi connectivity index (χ4n) is 2.83. The van der Waals surface area contributed by atoms with E-state index in [0.29, 0.717) is 17.3 Å². The zero-order chi connectivity index (χ0) is 17.1. The van der Waals surface area contributed by atoms with Gasteiger partial charge >= 0.3 is 0 Å². The molecule has 1 aliphatic heterocycles. The number of carbonyl (C=O) groups excluding carboxylic acids is 2. The molecule has 1 heterocycles. The van der Waals surface area contributed by atoms with Gasteiger partial charge in [0.1, 0.15) is 0 Å². The molecule has 1 aliphatic rings. The Morgan fingerprint density at radius 1 is 1.12 bits per heavy atom. The molecule has 124 valence electrons. The van der Waals surface area contributed by atoms with Gasteiger partial charge in [0.2, 0.25) is 5.91 Å². The SMILES string of the molecule is CCc1ccc(N2C(=O)C[C@@H](NCc3cccc(Cl)c3)C2=O)cc1. The van der Waals surface area contributed by atoms with E-state index in [1.54, 1.807) is 6.07 Å². The van der Waals surface area contributed by atoms with Crippen molar-refractivity contribution in [3.63, 3.8) is 0 Å². The van der Waals surface area contributed by atoms with Crippen LogP contribution in [0.1, 0.15) is 24.5 Å². The Balaban J connectivity index is 1.69. The maximum Gasteiger partial charge on any atom is 0.251 e. The van der Waals surface area contributed by atoms with Gasteiger partial charge in [0, 0.05) is 11.6 Å². The summed E-state index contributed by atoms with van der Waals surface area (Å²) < 4.78 is 0. The Bertz CT molecular complexity index is 758. The van der Waals surface area contributed by atoms with Gasteiger partial charge in [-0.15, -0.1) is 0 Å². The van der Waals surface area contributed by atoms with E-state index < -0.39 is 6.04 Å². The van der Waals surface area contributed by atoms with Gasteiger partial charge in [-0.2, -0.15) is 0 Å². The van der Waals surface area contributed by atoms with E-state index >= 15 is 0 Å². The zero-order valence-corrected chi connectivity index (χ0v) is 14.2. The highest BCUT2D eigenvalue weighted by atomic mass is 35.5. The molecule has 0 spiro atoms. The predicted octanol–water partition coefficient (Wildman–Crippen LogP) is 3.32. The van der Waals surface area contributed by atoms with Crippen LogP contribution in [0.15, 0.2) is 48.5 Å². The first kappa shape index (κ1) is 16.7. The van der Waals surface area contributed by atoms with Gasteiger partial charge in [-0.05, 0) is 41.8 Å². The van der Waals surface area contributed by atoms with Gasteiger partial charge in [0.15, 0.2) is 0 Å². The first-order valence-corrected chi connectivity index (χ1v) is 8.40. The van der Waals surface area contributed by atoms with Crippen molar-refractivity contribution in [1.82, 2.24) is 5.32 Å². The predicted molar refractivity (Wildman–Crippen MR) is 95.0 cm³/mol. The van der Waals surface area contributed by atoms with Crippen molar-refractivity contribution in [2.75, 3.05) is 4.90 Å². The standard InChI is InChI=1S/C19H19ClN2O2/c1-2-13-6-8-16(9-7-13)22-18(23)11-17(19(22)24)21-12-14-4-3-5-15(20)10-14/h3-10,17,21H,2,11-12H2,1H3/t17-/m1/s1. The number of hydrogen-bond donors (Lipinski definition) is 1. The van der Waals surface area contributed by atoms with E-state index in [9.17, 15) is 9.59 Å². The molecule has 2 aromatic carbocycles. The quantitative estimate of drug-likeness (QED) is 0.848. The van der Waals surface area contributed by atoms with Crippen LogP contribution in [0.25, 0.3) is 0 Å². The maximum absolute atomic E-state index is 12.6. The number of amides is 2. The van der Waals surface area contributed by atoms with Crippen molar-refractivity contribution < 1.29 is 9.59 Å². The summed E-state index contributed by atoms with van der Waals surface area (Å²) in [6.45, 7) is 2.56. The Morgan fingerprint density at radius 3 is 2.54 bits per heavy atom. The smallest absolute Gasteiger partial charge is 0.251 e. The minimum Gasteiger partial charge on any atom is -0.301 e. The number of anilines is 1. The molecule has 1 fully saturated rings. The highest BCUT2D eigenvalue weighted by Crippen LogP contribution is 2.23. The Hall–Kier alpha value is -2.17. The van der Waals surface area contributed by atoms with E-state index in [0.717, 1.165) is 12.0 Å². The normalized spacial score (nSPS) is 17.6. The largest absolute Gasteiger partial charge is 0.301 e. The molecule has 4 nitrogen and oxygen atoms in total. The minimum absolute atomic E-state index is 0.173. The van der Waals surface area contributed by atoms with Gasteiger partial charge < -0.3 is 5.32 Å². The second-order valence-corrected chi connectivity index (χ2v) is 6.29. The summed E-state index contributed by atoms with van der Waals surface area (Å²) >= 11 is 5.96. The van der Waals surface area contributed by atoms with Crippen molar-refractivity contribution in [2.24, 2.45) is 0 Å². The van der Waals surface area contributed by atoms with Crippen LogP contribution < -0.4 is 10.2 Å². The average Bonchev–Trinajstić information content (AvgIpc) is 2.87. The number of halogens is 1. The van der Waals surface area contributed by atoms with Crippen LogP contribution in [0.3, 0.4) is 0 Å². The second kappa shape index (κ2) is 7.16. The number of imide groups is 1. The van der Waals surface area contributed by atoms with Crippen LogP contribution >= 0.6 is 11.6 Å². The molecule has 5 heteroatoms. The fourth-order valence-corrected chi connectivity index (χ4v) is 3.04. The molecule has 2 amide bonds. The number of nitrogens with zero attached hydrogens (tertiary/aromatic N) is 1. The van der Waals surface area contributed by atoms with Crippen LogP contribution in [0.5, 0.6) is 0 Å². The summed E-state index contributed by atoms with van der Waals surface area (Å²) in [5.74, 6) is -0.376. The van der Waals surface area contributed by atoms with E-state index in [4.69, 9.17) is 11.6 Å². The lowest BCUT2D eigenvalue weighted by Crippen LogP contribution is -2.38. The van der Waals surface area contributed by atoms with E-state index in [2.05, 4.69) is 12.2 Å². The molecular formula is C19H19ClN2O2. The van der Waals surface area contributed by atoms with Crippen molar-refractivity contribution >= 4 is 29.1 Å². The third-order valence-corrected chi connectivity index (χ3v) is 4.43. The number of hydrogen-bond acceptors (Lipinski definition) is 3. The molecule has 0 radical (unpaired) electrons. The molecule has 0 unspecified atom stereocenters. The zero-order valence-electron chi connectivity index (χ0n) is 13.5. The van der Waals surface area contributed by atoms with Crippen LogP contribution in [0.4, 0.5) is 5.69 Å². The van der Waals surface area contributed by atoms with Gasteiger partial charge in [-0.3, -0.25) is 9.59 Å². The van der Waals surface area contributed by atoms with E-state index in [1.165, 1.54) is 10.5 Å². The number of nitrogens with one attached hydrogen (secondary N) is 1. The molecule has 24 heavy (non-hydrogen) atoms. The first-order chi connectivity index (χ1) is 11.6. The van der Waals surface area contributed by atoms with Crippen LogP contribution in [0.2, 0.25) is 5.02 Å². The lowest BCUT2D eigenvalue weighted by atomic mass is 10.1. The molecular weight excluding hydrogens is 324 g/mol. The Labute approximate surface area is 146 Å². The summed E-state index contributed by atoms with van der Waals surface area (Å²) in [5, 5.41) is 3.81. The number of rotatable bonds is 5. The molecule has 0 aliphatic carbocycles. The summed E-state index contributed by atoms with van der Waals surface area (Å²) in [4.78, 5) is 26.1. The highest BCUT2D eigenvalue weighted by Gasteiger charge is 2.39. The monoisotopic (exact) mass is 342 g/mol. The average molecular weight is 343 g/mol. The molecule has 1 saturated heterocycles. The minimum atomic E-state index is -0.498. The lowest BCUT2D eigenvalue weighted by Gasteiger charge is -2.16. The Morgan fingerprint density at radius 2 is 1.88 bits per heavy atom. The molecule has 3 rings (SSSR count). The first-order valence-electron chi connectivity index (χ1n) is 8.02. The molecule has 1 atom stereocenters. The van der Waals surface area contributed by atoms with Gasteiger partial charge in [-0.1, -0.05) is 42.8 Å². The van der Waals surface area contributed by atoms with Crippen molar-refractivity contribution in [1.29, 1.82) is 0 Å². The summed E-state index contributed by atoms with van der Waals surface area (Å²) in [6.07, 6.45) is 1.10. The molecule has 1 N–H and O–H groups in total.